The summed E-state index contributed by atoms with van der Waals surface area (Å²) in [6, 6.07) is 7.23. The summed E-state index contributed by atoms with van der Waals surface area (Å²) in [4.78, 5) is 12.4. The third-order valence-electron chi connectivity index (χ3n) is 3.87. The van der Waals surface area contributed by atoms with Crippen LogP contribution in [0.2, 0.25) is 0 Å². The molecule has 7 nitrogen and oxygen atoms in total. The van der Waals surface area contributed by atoms with Gasteiger partial charge in [-0.2, -0.15) is 0 Å². The standard InChI is InChI=1S/C15H19N5O2.ClH/c21-14(17-9-15(22)6-3-7-16-8-15)12-4-1-2-5-13(12)20-10-18-19-11-20;/h1-2,4-5,10-11,16,22H,3,6-9H2,(H,17,21);1H. The van der Waals surface area contributed by atoms with Gasteiger partial charge in [-0.15, -0.1) is 22.6 Å². The van der Waals surface area contributed by atoms with Crippen LogP contribution >= 0.6 is 12.4 Å². The molecule has 0 spiro atoms. The van der Waals surface area contributed by atoms with Gasteiger partial charge in [-0.3, -0.25) is 9.36 Å². The van der Waals surface area contributed by atoms with Crippen LogP contribution in [0.1, 0.15) is 23.2 Å². The van der Waals surface area contributed by atoms with Crippen molar-refractivity contribution in [3.05, 3.63) is 42.5 Å². The first kappa shape index (κ1) is 17.4. The quantitative estimate of drug-likeness (QED) is 0.757. The van der Waals surface area contributed by atoms with Gasteiger partial charge in [0.15, 0.2) is 0 Å². The fourth-order valence-corrected chi connectivity index (χ4v) is 2.66. The van der Waals surface area contributed by atoms with Crippen molar-refractivity contribution in [2.75, 3.05) is 19.6 Å². The zero-order valence-corrected chi connectivity index (χ0v) is 13.4. The Labute approximate surface area is 140 Å². The zero-order valence-electron chi connectivity index (χ0n) is 12.6. The molecule has 3 N–H and O–H groups in total. The van der Waals surface area contributed by atoms with Crippen LogP contribution in [0, 0.1) is 0 Å². The van der Waals surface area contributed by atoms with Crippen LogP contribution in [0.5, 0.6) is 0 Å². The van der Waals surface area contributed by atoms with E-state index in [1.54, 1.807) is 29.4 Å². The van der Waals surface area contributed by atoms with E-state index in [9.17, 15) is 9.90 Å². The SMILES string of the molecule is Cl.O=C(NCC1(O)CCCNC1)c1ccccc1-n1cnnc1. The van der Waals surface area contributed by atoms with E-state index in [-0.39, 0.29) is 24.9 Å². The number of aliphatic hydroxyl groups is 1. The van der Waals surface area contributed by atoms with E-state index in [1.807, 2.05) is 12.1 Å². The molecule has 1 atom stereocenters. The summed E-state index contributed by atoms with van der Waals surface area (Å²) in [6.45, 7) is 1.64. The molecule has 1 aliphatic heterocycles. The lowest BCUT2D eigenvalue weighted by molar-refractivity contribution is 0.0170. The van der Waals surface area contributed by atoms with Gasteiger partial charge >= 0.3 is 0 Å². The highest BCUT2D eigenvalue weighted by atomic mass is 35.5. The predicted octanol–water partition coefficient (Wildman–Crippen LogP) is 0.533. The second-order valence-corrected chi connectivity index (χ2v) is 5.57. The van der Waals surface area contributed by atoms with Crippen molar-refractivity contribution in [3.63, 3.8) is 0 Å². The maximum Gasteiger partial charge on any atom is 0.253 e. The number of halogens is 1. The number of nitrogens with zero attached hydrogens (tertiary/aromatic N) is 3. The molecular formula is C15H20ClN5O2. The lowest BCUT2D eigenvalue weighted by Gasteiger charge is -2.32. The van der Waals surface area contributed by atoms with Crippen molar-refractivity contribution in [1.29, 1.82) is 0 Å². The van der Waals surface area contributed by atoms with E-state index in [4.69, 9.17) is 0 Å². The Balaban J connectivity index is 0.00000192. The summed E-state index contributed by atoms with van der Waals surface area (Å²) in [5.41, 5.74) is 0.354. The normalized spacial score (nSPS) is 20.6. The van der Waals surface area contributed by atoms with E-state index in [1.165, 1.54) is 0 Å². The van der Waals surface area contributed by atoms with Crippen molar-refractivity contribution < 1.29 is 9.90 Å². The van der Waals surface area contributed by atoms with Gasteiger partial charge in [-0.25, -0.2) is 0 Å². The molecule has 1 fully saturated rings. The van der Waals surface area contributed by atoms with Crippen molar-refractivity contribution in [2.45, 2.75) is 18.4 Å². The van der Waals surface area contributed by atoms with Crippen molar-refractivity contribution in [3.8, 4) is 5.69 Å². The van der Waals surface area contributed by atoms with Gasteiger partial charge in [0.2, 0.25) is 0 Å². The number of β-amino-alcohol motifs (C(OH)–C–C–N with tert-alkyl or cyclic N) is 1. The number of carbonyl (C=O) groups is 1. The Morgan fingerprint density at radius 3 is 2.78 bits per heavy atom. The highest BCUT2D eigenvalue weighted by Gasteiger charge is 2.29. The number of hydrogen-bond acceptors (Lipinski definition) is 5. The third kappa shape index (κ3) is 4.07. The highest BCUT2D eigenvalue weighted by Crippen LogP contribution is 2.16. The predicted molar refractivity (Wildman–Crippen MR) is 88.0 cm³/mol. The third-order valence-corrected chi connectivity index (χ3v) is 3.87. The second-order valence-electron chi connectivity index (χ2n) is 5.57. The van der Waals surface area contributed by atoms with Crippen LogP contribution in [0.4, 0.5) is 0 Å². The lowest BCUT2D eigenvalue weighted by atomic mass is 9.94. The topological polar surface area (TPSA) is 92.1 Å². The first-order valence-corrected chi connectivity index (χ1v) is 7.33. The molecule has 2 heterocycles. The summed E-state index contributed by atoms with van der Waals surface area (Å²) in [5, 5.41) is 23.9. The molecule has 1 aliphatic rings. The molecule has 124 valence electrons. The van der Waals surface area contributed by atoms with Gasteiger partial charge in [-0.1, -0.05) is 12.1 Å². The summed E-state index contributed by atoms with van der Waals surface area (Å²) >= 11 is 0. The van der Waals surface area contributed by atoms with Crippen molar-refractivity contribution >= 4 is 18.3 Å². The minimum atomic E-state index is -0.876. The molecule has 1 amide bonds. The Morgan fingerprint density at radius 2 is 2.09 bits per heavy atom. The van der Waals surface area contributed by atoms with Gasteiger partial charge < -0.3 is 15.7 Å². The maximum absolute atomic E-state index is 12.4. The Kier molecular flexibility index (Phi) is 5.70. The lowest BCUT2D eigenvalue weighted by Crippen LogP contribution is -2.52. The summed E-state index contributed by atoms with van der Waals surface area (Å²) < 4.78 is 1.69. The van der Waals surface area contributed by atoms with Gasteiger partial charge in [0.1, 0.15) is 12.7 Å². The number of piperidine rings is 1. The monoisotopic (exact) mass is 337 g/mol. The first-order valence-electron chi connectivity index (χ1n) is 7.33. The Bertz CT molecular complexity index is 641. The van der Waals surface area contributed by atoms with E-state index < -0.39 is 5.60 Å². The summed E-state index contributed by atoms with van der Waals surface area (Å²) in [5.74, 6) is -0.219. The van der Waals surface area contributed by atoms with Crippen LogP contribution in [0.25, 0.3) is 5.69 Å². The molecule has 23 heavy (non-hydrogen) atoms. The fraction of sp³-hybridized carbons (Fsp3) is 0.400. The first-order chi connectivity index (χ1) is 10.7. The number of hydrogen-bond donors (Lipinski definition) is 3. The number of nitrogens with one attached hydrogen (secondary N) is 2. The molecule has 0 aliphatic carbocycles. The number of aromatic nitrogens is 3. The van der Waals surface area contributed by atoms with Gasteiger partial charge in [-0.05, 0) is 31.5 Å². The van der Waals surface area contributed by atoms with Gasteiger partial charge in [0.05, 0.1) is 16.9 Å². The molecule has 2 aromatic rings. The summed E-state index contributed by atoms with van der Waals surface area (Å²) in [6.07, 6.45) is 4.69. The number of rotatable bonds is 4. The molecule has 0 saturated carbocycles. The Hall–Kier alpha value is -1.96. The van der Waals surface area contributed by atoms with Crippen LogP contribution in [-0.2, 0) is 0 Å². The molecule has 0 radical (unpaired) electrons. The molecule has 3 rings (SSSR count). The van der Waals surface area contributed by atoms with E-state index in [2.05, 4.69) is 20.8 Å². The fourth-order valence-electron chi connectivity index (χ4n) is 2.66. The molecule has 8 heteroatoms. The average molecular weight is 338 g/mol. The van der Waals surface area contributed by atoms with Crippen LogP contribution in [0.3, 0.4) is 0 Å². The second kappa shape index (κ2) is 7.54. The van der Waals surface area contributed by atoms with E-state index in [0.29, 0.717) is 24.2 Å². The minimum Gasteiger partial charge on any atom is -0.387 e. The average Bonchev–Trinajstić information content (AvgIpc) is 3.08. The van der Waals surface area contributed by atoms with Crippen LogP contribution in [-0.4, -0.2) is 51.0 Å². The smallest absolute Gasteiger partial charge is 0.253 e. The largest absolute Gasteiger partial charge is 0.387 e. The number of carbonyl (C=O) groups excluding carboxylic acids is 1. The van der Waals surface area contributed by atoms with Crippen molar-refractivity contribution in [1.82, 2.24) is 25.4 Å². The molecule has 1 saturated heterocycles. The number of benzene rings is 1. The zero-order chi connectivity index (χ0) is 15.4. The Morgan fingerprint density at radius 1 is 1.35 bits per heavy atom. The highest BCUT2D eigenvalue weighted by molar-refractivity contribution is 5.97. The number of para-hydroxylation sites is 1. The van der Waals surface area contributed by atoms with Crippen LogP contribution in [0.15, 0.2) is 36.9 Å². The molecule has 1 aromatic heterocycles. The van der Waals surface area contributed by atoms with Gasteiger partial charge in [0.25, 0.3) is 5.91 Å². The molecule has 0 bridgehead atoms. The van der Waals surface area contributed by atoms with Crippen LogP contribution < -0.4 is 10.6 Å². The maximum atomic E-state index is 12.4. The van der Waals surface area contributed by atoms with E-state index in [0.717, 1.165) is 13.0 Å². The molecule has 1 aromatic carbocycles. The van der Waals surface area contributed by atoms with E-state index >= 15 is 0 Å². The summed E-state index contributed by atoms with van der Waals surface area (Å²) in [7, 11) is 0. The van der Waals surface area contributed by atoms with Gasteiger partial charge in [0, 0.05) is 13.1 Å². The number of amides is 1. The molecular weight excluding hydrogens is 318 g/mol. The minimum absolute atomic E-state index is 0. The molecule has 1 unspecified atom stereocenters. The van der Waals surface area contributed by atoms with Crippen molar-refractivity contribution in [2.24, 2.45) is 0 Å².